The number of aryl methyl sites for hydroxylation is 1. The number of thiophene rings is 1. The third-order valence-electron chi connectivity index (χ3n) is 4.86. The van der Waals surface area contributed by atoms with E-state index in [4.69, 9.17) is 15.2 Å². The minimum absolute atomic E-state index is 0.297. The Balaban J connectivity index is 1.77. The second-order valence-electron chi connectivity index (χ2n) is 6.82. The molecule has 1 aliphatic rings. The van der Waals surface area contributed by atoms with Crippen molar-refractivity contribution in [3.63, 3.8) is 0 Å². The van der Waals surface area contributed by atoms with Gasteiger partial charge in [-0.3, -0.25) is 4.79 Å². The SMILES string of the molecule is CCC(OC(=O)c1ccc(N)cc1)C(=O)Nc1sc2c(c1C(=O)OC)CCCC2. The Morgan fingerprint density at radius 1 is 1.14 bits per heavy atom. The summed E-state index contributed by atoms with van der Waals surface area (Å²) in [5.74, 6) is -1.54. The zero-order chi connectivity index (χ0) is 21.0. The lowest BCUT2D eigenvalue weighted by molar-refractivity contribution is -0.124. The molecule has 1 atom stereocenters. The molecule has 29 heavy (non-hydrogen) atoms. The van der Waals surface area contributed by atoms with Crippen molar-refractivity contribution in [2.45, 2.75) is 45.1 Å². The standard InChI is InChI=1S/C21H24N2O5S/c1-3-15(28-20(25)12-8-10-13(22)11-9-12)18(24)23-19-17(21(26)27-2)14-6-4-5-7-16(14)29-19/h8-11,15H,3-7,22H2,1-2H3,(H,23,24). The second kappa shape index (κ2) is 9.09. The van der Waals surface area contributed by atoms with Gasteiger partial charge in [-0.05, 0) is 61.9 Å². The number of hydrogen-bond donors (Lipinski definition) is 2. The van der Waals surface area contributed by atoms with E-state index in [2.05, 4.69) is 5.32 Å². The van der Waals surface area contributed by atoms with Crippen LogP contribution in [-0.4, -0.2) is 31.1 Å². The molecule has 154 valence electrons. The van der Waals surface area contributed by atoms with Crippen LogP contribution >= 0.6 is 11.3 Å². The lowest BCUT2D eigenvalue weighted by Crippen LogP contribution is -2.32. The van der Waals surface area contributed by atoms with Crippen LogP contribution in [0.15, 0.2) is 24.3 Å². The Morgan fingerprint density at radius 3 is 2.48 bits per heavy atom. The number of ether oxygens (including phenoxy) is 2. The minimum atomic E-state index is -0.982. The third kappa shape index (κ3) is 4.59. The van der Waals surface area contributed by atoms with Gasteiger partial charge in [-0.25, -0.2) is 9.59 Å². The number of carbonyl (C=O) groups is 3. The van der Waals surface area contributed by atoms with E-state index < -0.39 is 23.9 Å². The number of nitrogens with one attached hydrogen (secondary N) is 1. The maximum atomic E-state index is 12.8. The molecule has 0 aliphatic heterocycles. The number of hydrogen-bond acceptors (Lipinski definition) is 7. The van der Waals surface area contributed by atoms with E-state index in [1.807, 2.05) is 0 Å². The summed E-state index contributed by atoms with van der Waals surface area (Å²) in [6, 6.07) is 6.28. The van der Waals surface area contributed by atoms with Gasteiger partial charge >= 0.3 is 11.9 Å². The van der Waals surface area contributed by atoms with E-state index in [-0.39, 0.29) is 0 Å². The Hall–Kier alpha value is -2.87. The number of fused-ring (bicyclic) bond motifs is 1. The highest BCUT2D eigenvalue weighted by Gasteiger charge is 2.29. The van der Waals surface area contributed by atoms with Gasteiger partial charge in [0.25, 0.3) is 5.91 Å². The van der Waals surface area contributed by atoms with E-state index >= 15 is 0 Å². The molecule has 0 radical (unpaired) electrons. The molecule has 1 amide bonds. The van der Waals surface area contributed by atoms with Crippen LogP contribution in [0, 0.1) is 0 Å². The smallest absolute Gasteiger partial charge is 0.341 e. The molecule has 1 aliphatic carbocycles. The topological polar surface area (TPSA) is 108 Å². The molecule has 1 aromatic heterocycles. The maximum absolute atomic E-state index is 12.8. The van der Waals surface area contributed by atoms with Crippen molar-refractivity contribution in [1.29, 1.82) is 0 Å². The Labute approximate surface area is 173 Å². The normalized spacial score (nSPS) is 13.9. The highest BCUT2D eigenvalue weighted by atomic mass is 32.1. The molecule has 3 N–H and O–H groups in total. The lowest BCUT2D eigenvalue weighted by atomic mass is 9.95. The van der Waals surface area contributed by atoms with Crippen molar-refractivity contribution in [2.75, 3.05) is 18.2 Å². The minimum Gasteiger partial charge on any atom is -0.465 e. The van der Waals surface area contributed by atoms with Gasteiger partial charge in [-0.15, -0.1) is 11.3 Å². The van der Waals surface area contributed by atoms with Crippen LogP contribution in [0.1, 0.15) is 57.3 Å². The first-order valence-corrected chi connectivity index (χ1v) is 10.4. The summed E-state index contributed by atoms with van der Waals surface area (Å²) in [4.78, 5) is 38.5. The van der Waals surface area contributed by atoms with E-state index in [1.165, 1.54) is 18.4 Å². The number of carbonyl (C=O) groups excluding carboxylic acids is 3. The molecular formula is C21H24N2O5S. The van der Waals surface area contributed by atoms with E-state index in [9.17, 15) is 14.4 Å². The van der Waals surface area contributed by atoms with Gasteiger partial charge < -0.3 is 20.5 Å². The van der Waals surface area contributed by atoms with Crippen molar-refractivity contribution in [3.05, 3.63) is 45.8 Å². The molecule has 0 saturated carbocycles. The lowest BCUT2D eigenvalue weighted by Gasteiger charge is -2.16. The number of methoxy groups -OCH3 is 1. The average molecular weight is 416 g/mol. The van der Waals surface area contributed by atoms with Crippen molar-refractivity contribution in [2.24, 2.45) is 0 Å². The van der Waals surface area contributed by atoms with Gasteiger partial charge in [-0.2, -0.15) is 0 Å². The highest BCUT2D eigenvalue weighted by molar-refractivity contribution is 7.17. The van der Waals surface area contributed by atoms with E-state index in [0.717, 1.165) is 36.1 Å². The van der Waals surface area contributed by atoms with Gasteiger partial charge in [0.05, 0.1) is 18.2 Å². The number of nitrogens with two attached hydrogens (primary N) is 1. The molecular weight excluding hydrogens is 392 g/mol. The Bertz CT molecular complexity index is 920. The molecule has 7 nitrogen and oxygen atoms in total. The number of esters is 2. The van der Waals surface area contributed by atoms with Crippen LogP contribution in [0.3, 0.4) is 0 Å². The zero-order valence-electron chi connectivity index (χ0n) is 16.4. The fourth-order valence-corrected chi connectivity index (χ4v) is 4.58. The first-order valence-electron chi connectivity index (χ1n) is 9.54. The third-order valence-corrected chi connectivity index (χ3v) is 6.06. The molecule has 1 unspecified atom stereocenters. The molecule has 2 aromatic rings. The molecule has 8 heteroatoms. The first kappa shape index (κ1) is 20.9. The monoisotopic (exact) mass is 416 g/mol. The van der Waals surface area contributed by atoms with Crippen molar-refractivity contribution < 1.29 is 23.9 Å². The molecule has 3 rings (SSSR count). The van der Waals surface area contributed by atoms with Gasteiger partial charge in [0.15, 0.2) is 6.10 Å². The zero-order valence-corrected chi connectivity index (χ0v) is 17.3. The quantitative estimate of drug-likeness (QED) is 0.551. The Morgan fingerprint density at radius 2 is 1.83 bits per heavy atom. The summed E-state index contributed by atoms with van der Waals surface area (Å²) >= 11 is 1.39. The highest BCUT2D eigenvalue weighted by Crippen LogP contribution is 2.38. The second-order valence-corrected chi connectivity index (χ2v) is 7.93. The summed E-state index contributed by atoms with van der Waals surface area (Å²) in [5, 5.41) is 3.24. The summed E-state index contributed by atoms with van der Waals surface area (Å²) in [7, 11) is 1.32. The molecule has 1 aromatic carbocycles. The fourth-order valence-electron chi connectivity index (χ4n) is 3.30. The largest absolute Gasteiger partial charge is 0.465 e. The first-order chi connectivity index (χ1) is 13.9. The number of rotatable bonds is 6. The number of benzene rings is 1. The Kier molecular flexibility index (Phi) is 6.53. The molecule has 1 heterocycles. The van der Waals surface area contributed by atoms with Gasteiger partial charge in [0.2, 0.25) is 0 Å². The summed E-state index contributed by atoms with van der Waals surface area (Å²) in [6.07, 6.45) is 3.03. The van der Waals surface area contributed by atoms with Crippen LogP contribution in [0.2, 0.25) is 0 Å². The molecule has 0 saturated heterocycles. The van der Waals surface area contributed by atoms with Crippen LogP contribution in [0.4, 0.5) is 10.7 Å². The molecule has 0 fully saturated rings. The number of anilines is 2. The van der Waals surface area contributed by atoms with Crippen molar-refractivity contribution >= 4 is 39.9 Å². The molecule has 0 bridgehead atoms. The van der Waals surface area contributed by atoms with Crippen molar-refractivity contribution in [3.8, 4) is 0 Å². The predicted octanol–water partition coefficient (Wildman–Crippen LogP) is 3.57. The van der Waals surface area contributed by atoms with E-state index in [1.54, 1.807) is 31.2 Å². The van der Waals surface area contributed by atoms with Crippen LogP contribution in [0.25, 0.3) is 0 Å². The van der Waals surface area contributed by atoms with Crippen LogP contribution in [0.5, 0.6) is 0 Å². The maximum Gasteiger partial charge on any atom is 0.341 e. The van der Waals surface area contributed by atoms with Crippen LogP contribution < -0.4 is 11.1 Å². The van der Waals surface area contributed by atoms with Crippen molar-refractivity contribution in [1.82, 2.24) is 0 Å². The van der Waals surface area contributed by atoms with E-state index in [0.29, 0.717) is 28.2 Å². The average Bonchev–Trinajstić information content (AvgIpc) is 3.09. The summed E-state index contributed by atoms with van der Waals surface area (Å²) < 4.78 is 10.3. The van der Waals surface area contributed by atoms with Gasteiger partial charge in [0, 0.05) is 10.6 Å². The summed E-state index contributed by atoms with van der Waals surface area (Å²) in [6.45, 7) is 1.75. The predicted molar refractivity (Wildman–Crippen MR) is 111 cm³/mol. The number of amides is 1. The fraction of sp³-hybridized carbons (Fsp3) is 0.381. The van der Waals surface area contributed by atoms with Gasteiger partial charge in [0.1, 0.15) is 5.00 Å². The van der Waals surface area contributed by atoms with Crippen LogP contribution in [-0.2, 0) is 27.1 Å². The van der Waals surface area contributed by atoms with Gasteiger partial charge in [-0.1, -0.05) is 6.92 Å². The number of nitrogen functional groups attached to an aromatic ring is 1. The summed E-state index contributed by atoms with van der Waals surface area (Å²) in [5.41, 5.74) is 7.84. The molecule has 0 spiro atoms.